The molecular weight excluding hydrogens is 292 g/mol. The lowest BCUT2D eigenvalue weighted by molar-refractivity contribution is 0.0210. The number of phenols is 4. The maximum atomic E-state index is 12.2. The van der Waals surface area contributed by atoms with Crippen LogP contribution in [-0.2, 0) is 0 Å². The number of ketones is 1. The quantitative estimate of drug-likeness (QED) is 0.501. The molecule has 0 aliphatic carbocycles. The Labute approximate surface area is 124 Å². The van der Waals surface area contributed by atoms with Crippen LogP contribution in [0.1, 0.15) is 22.0 Å². The van der Waals surface area contributed by atoms with E-state index in [1.807, 2.05) is 0 Å². The number of carbonyl (C=O) groups excluding carboxylic acids is 1. The van der Waals surface area contributed by atoms with Crippen LogP contribution in [0.5, 0.6) is 28.7 Å². The number of fused-ring (bicyclic) bond motifs is 1. The number of Topliss-reactive ketones (excluding diaryl/α,β-unsaturated/α-hetero) is 1. The number of carbonyl (C=O) groups is 1. The van der Waals surface area contributed by atoms with Crippen molar-refractivity contribution in [3.05, 3.63) is 41.5 Å². The average molecular weight is 304 g/mol. The van der Waals surface area contributed by atoms with Gasteiger partial charge in [0.1, 0.15) is 22.8 Å². The molecule has 1 aliphatic rings. The average Bonchev–Trinajstić information content (AvgIpc) is 2.45. The first-order chi connectivity index (χ1) is 10.4. The van der Waals surface area contributed by atoms with Gasteiger partial charge in [-0.05, 0) is 17.7 Å². The number of hydrogen-bond acceptors (Lipinski definition) is 7. The zero-order chi connectivity index (χ0) is 16.0. The molecule has 0 bridgehead atoms. The summed E-state index contributed by atoms with van der Waals surface area (Å²) in [5.41, 5.74) is 0.0363. The molecule has 2 aromatic rings. The van der Waals surface area contributed by atoms with Crippen molar-refractivity contribution in [3.63, 3.8) is 0 Å². The van der Waals surface area contributed by atoms with Crippen LogP contribution < -0.4 is 4.74 Å². The fraction of sp³-hybridized carbons (Fsp3) is 0.133. The van der Waals surface area contributed by atoms with Crippen LogP contribution in [0.4, 0.5) is 0 Å². The number of aliphatic hydroxyl groups is 1. The van der Waals surface area contributed by atoms with Crippen LogP contribution in [0.2, 0.25) is 0 Å². The first-order valence-electron chi connectivity index (χ1n) is 6.35. The lowest BCUT2D eigenvalue weighted by atomic mass is 9.92. The smallest absolute Gasteiger partial charge is 0.202 e. The molecule has 0 aromatic heterocycles. The van der Waals surface area contributed by atoms with E-state index in [0.717, 1.165) is 18.2 Å². The summed E-state index contributed by atoms with van der Waals surface area (Å²) in [5.74, 6) is -2.41. The van der Waals surface area contributed by atoms with Crippen LogP contribution >= 0.6 is 0 Å². The van der Waals surface area contributed by atoms with Gasteiger partial charge in [0.05, 0.1) is 0 Å². The Hall–Kier alpha value is -2.93. The molecule has 1 aliphatic heterocycles. The Balaban J connectivity index is 2.08. The highest BCUT2D eigenvalue weighted by Crippen LogP contribution is 2.42. The third-order valence-corrected chi connectivity index (χ3v) is 3.45. The van der Waals surface area contributed by atoms with E-state index in [4.69, 9.17) is 4.74 Å². The predicted molar refractivity (Wildman–Crippen MR) is 73.2 cm³/mol. The summed E-state index contributed by atoms with van der Waals surface area (Å²) >= 11 is 0. The molecule has 2 aromatic carbocycles. The standard InChI is InChI=1S/C15H12O7/c16-7-4-10(19)12-11(5-7)22-15(14(21)13(12)20)6-1-2-8(17)9(18)3-6/h1-5,14-19,21H/t14-,15-/m1/s1. The van der Waals surface area contributed by atoms with E-state index < -0.39 is 29.5 Å². The van der Waals surface area contributed by atoms with Crippen molar-refractivity contribution < 1.29 is 35.1 Å². The van der Waals surface area contributed by atoms with Gasteiger partial charge in [-0.3, -0.25) is 4.79 Å². The van der Waals surface area contributed by atoms with Gasteiger partial charge in [0.25, 0.3) is 0 Å². The van der Waals surface area contributed by atoms with Crippen molar-refractivity contribution >= 4 is 5.78 Å². The van der Waals surface area contributed by atoms with E-state index in [2.05, 4.69) is 0 Å². The molecule has 0 radical (unpaired) electrons. The molecule has 0 fully saturated rings. The Kier molecular flexibility index (Phi) is 3.07. The van der Waals surface area contributed by atoms with Gasteiger partial charge in [0, 0.05) is 12.1 Å². The van der Waals surface area contributed by atoms with Crippen LogP contribution in [0.3, 0.4) is 0 Å². The van der Waals surface area contributed by atoms with Crippen LogP contribution in [-0.4, -0.2) is 37.4 Å². The fourth-order valence-corrected chi connectivity index (χ4v) is 2.38. The molecule has 0 spiro atoms. The lowest BCUT2D eigenvalue weighted by Crippen LogP contribution is -2.36. The normalized spacial score (nSPS) is 20.3. The van der Waals surface area contributed by atoms with Crippen molar-refractivity contribution in [3.8, 4) is 28.7 Å². The summed E-state index contributed by atoms with van der Waals surface area (Å²) in [6.07, 6.45) is -2.75. The molecule has 7 heteroatoms. The van der Waals surface area contributed by atoms with Gasteiger partial charge < -0.3 is 30.3 Å². The molecule has 0 amide bonds. The molecular formula is C15H12O7. The number of aliphatic hydroxyl groups excluding tert-OH is 1. The highest BCUT2D eigenvalue weighted by atomic mass is 16.5. The lowest BCUT2D eigenvalue weighted by Gasteiger charge is -2.30. The number of aromatic hydroxyl groups is 4. The second-order valence-electron chi connectivity index (χ2n) is 4.93. The maximum absolute atomic E-state index is 12.2. The summed E-state index contributed by atoms with van der Waals surface area (Å²) in [7, 11) is 0. The van der Waals surface area contributed by atoms with Crippen molar-refractivity contribution in [1.82, 2.24) is 0 Å². The van der Waals surface area contributed by atoms with E-state index in [9.17, 15) is 30.3 Å². The topological polar surface area (TPSA) is 127 Å². The molecule has 5 N–H and O–H groups in total. The van der Waals surface area contributed by atoms with Gasteiger partial charge in [-0.1, -0.05) is 6.07 Å². The minimum Gasteiger partial charge on any atom is -0.508 e. The van der Waals surface area contributed by atoms with Crippen molar-refractivity contribution in [2.24, 2.45) is 0 Å². The van der Waals surface area contributed by atoms with Crippen LogP contribution in [0, 0.1) is 0 Å². The third-order valence-electron chi connectivity index (χ3n) is 3.45. The first-order valence-corrected chi connectivity index (χ1v) is 6.35. The first kappa shape index (κ1) is 14.0. The molecule has 0 saturated heterocycles. The van der Waals surface area contributed by atoms with E-state index in [-0.39, 0.29) is 28.4 Å². The van der Waals surface area contributed by atoms with Crippen molar-refractivity contribution in [2.75, 3.05) is 0 Å². The molecule has 0 unspecified atom stereocenters. The third kappa shape index (κ3) is 2.08. The van der Waals surface area contributed by atoms with Crippen molar-refractivity contribution in [1.29, 1.82) is 0 Å². The van der Waals surface area contributed by atoms with Gasteiger partial charge in [-0.25, -0.2) is 0 Å². The van der Waals surface area contributed by atoms with Gasteiger partial charge in [-0.2, -0.15) is 0 Å². The van der Waals surface area contributed by atoms with E-state index >= 15 is 0 Å². The predicted octanol–water partition coefficient (Wildman–Crippen LogP) is 1.19. The number of hydrogen-bond donors (Lipinski definition) is 5. The minimum absolute atomic E-state index is 0.0784. The molecule has 2 atom stereocenters. The number of ether oxygens (including phenoxy) is 1. The second-order valence-corrected chi connectivity index (χ2v) is 4.93. The number of phenolic OH excluding ortho intramolecular Hbond substituents is 4. The Morgan fingerprint density at radius 1 is 0.909 bits per heavy atom. The summed E-state index contributed by atoms with van der Waals surface area (Å²) in [6.45, 7) is 0. The summed E-state index contributed by atoms with van der Waals surface area (Å²) in [5, 5.41) is 48.1. The van der Waals surface area contributed by atoms with E-state index in [0.29, 0.717) is 0 Å². The maximum Gasteiger partial charge on any atom is 0.202 e. The molecule has 114 valence electrons. The molecule has 7 nitrogen and oxygen atoms in total. The zero-order valence-electron chi connectivity index (χ0n) is 11.1. The molecule has 3 rings (SSSR count). The summed E-state index contributed by atoms with van der Waals surface area (Å²) in [4.78, 5) is 12.2. The second kappa shape index (κ2) is 4.81. The largest absolute Gasteiger partial charge is 0.508 e. The van der Waals surface area contributed by atoms with Gasteiger partial charge in [-0.15, -0.1) is 0 Å². The Morgan fingerprint density at radius 3 is 2.32 bits per heavy atom. The minimum atomic E-state index is -1.60. The summed E-state index contributed by atoms with van der Waals surface area (Å²) in [6, 6.07) is 5.85. The van der Waals surface area contributed by atoms with Gasteiger partial charge in [0.15, 0.2) is 23.7 Å². The molecule has 22 heavy (non-hydrogen) atoms. The van der Waals surface area contributed by atoms with E-state index in [1.54, 1.807) is 0 Å². The van der Waals surface area contributed by atoms with Gasteiger partial charge in [0.2, 0.25) is 5.78 Å². The highest BCUT2D eigenvalue weighted by molar-refractivity contribution is 6.05. The van der Waals surface area contributed by atoms with Crippen LogP contribution in [0.25, 0.3) is 0 Å². The summed E-state index contributed by atoms with van der Waals surface area (Å²) < 4.78 is 5.47. The molecule has 0 saturated carbocycles. The van der Waals surface area contributed by atoms with Crippen molar-refractivity contribution in [2.45, 2.75) is 12.2 Å². The number of rotatable bonds is 1. The van der Waals surface area contributed by atoms with E-state index in [1.165, 1.54) is 12.1 Å². The fourth-order valence-electron chi connectivity index (χ4n) is 2.38. The highest BCUT2D eigenvalue weighted by Gasteiger charge is 2.39. The number of benzene rings is 2. The van der Waals surface area contributed by atoms with Crippen LogP contribution in [0.15, 0.2) is 30.3 Å². The monoisotopic (exact) mass is 304 g/mol. The zero-order valence-corrected chi connectivity index (χ0v) is 11.1. The Bertz CT molecular complexity index is 769. The SMILES string of the molecule is O=C1c2c(O)cc(O)cc2O[C@H](c2ccc(O)c(O)c2)[C@@H]1O. The van der Waals surface area contributed by atoms with Gasteiger partial charge >= 0.3 is 0 Å². The molecule has 1 heterocycles. The Morgan fingerprint density at radius 2 is 1.64 bits per heavy atom.